The Morgan fingerprint density at radius 3 is 2.76 bits per heavy atom. The number of thiazole rings is 1. The quantitative estimate of drug-likeness (QED) is 0.706. The van der Waals surface area contributed by atoms with Crippen LogP contribution in [0.15, 0.2) is 53.9 Å². The maximum absolute atomic E-state index is 13.8. The third-order valence-corrected chi connectivity index (χ3v) is 4.44. The summed E-state index contributed by atoms with van der Waals surface area (Å²) in [6, 6.07) is 14.5. The van der Waals surface area contributed by atoms with Crippen molar-refractivity contribution in [3.8, 4) is 17.0 Å². The topological polar surface area (TPSA) is 51.2 Å². The second-order valence-corrected chi connectivity index (χ2v) is 6.28. The molecular formula is C19H17FN2O2S. The molecule has 0 aliphatic carbocycles. The minimum Gasteiger partial charge on any atom is -0.494 e. The molecule has 0 aliphatic heterocycles. The molecule has 1 N–H and O–H groups in total. The summed E-state index contributed by atoms with van der Waals surface area (Å²) in [5, 5.41) is 5.08. The lowest BCUT2D eigenvalue weighted by atomic mass is 10.1. The number of nitrogens with zero attached hydrogens (tertiary/aromatic N) is 1. The van der Waals surface area contributed by atoms with Gasteiger partial charge in [-0.05, 0) is 30.2 Å². The number of anilines is 1. The van der Waals surface area contributed by atoms with E-state index in [9.17, 15) is 9.18 Å². The van der Waals surface area contributed by atoms with Gasteiger partial charge in [0.15, 0.2) is 16.7 Å². The number of hydrogen-bond acceptors (Lipinski definition) is 4. The van der Waals surface area contributed by atoms with Gasteiger partial charge < -0.3 is 10.1 Å². The molecule has 128 valence electrons. The molecule has 25 heavy (non-hydrogen) atoms. The molecule has 1 aromatic heterocycles. The normalized spacial score (nSPS) is 10.5. The molecule has 0 fully saturated rings. The number of ether oxygens (including phenoxy) is 1. The van der Waals surface area contributed by atoms with Crippen LogP contribution in [0.25, 0.3) is 11.3 Å². The highest BCUT2D eigenvalue weighted by Crippen LogP contribution is 2.28. The number of aromatic nitrogens is 1. The number of benzene rings is 2. The average molecular weight is 356 g/mol. The van der Waals surface area contributed by atoms with Crippen LogP contribution in [0.5, 0.6) is 5.75 Å². The largest absolute Gasteiger partial charge is 0.494 e. The second kappa shape index (κ2) is 7.90. The van der Waals surface area contributed by atoms with Crippen molar-refractivity contribution < 1.29 is 13.9 Å². The van der Waals surface area contributed by atoms with Crippen LogP contribution in [-0.4, -0.2) is 18.0 Å². The zero-order valence-electron chi connectivity index (χ0n) is 13.7. The van der Waals surface area contributed by atoms with Crippen LogP contribution in [0.3, 0.4) is 0 Å². The number of methoxy groups -OCH3 is 1. The van der Waals surface area contributed by atoms with E-state index in [1.807, 2.05) is 30.3 Å². The number of rotatable bonds is 6. The minimum atomic E-state index is -0.443. The summed E-state index contributed by atoms with van der Waals surface area (Å²) in [6.45, 7) is 0. The Labute approximate surface area is 149 Å². The summed E-state index contributed by atoms with van der Waals surface area (Å²) in [5.74, 6) is -0.347. The van der Waals surface area contributed by atoms with E-state index in [-0.39, 0.29) is 11.7 Å². The molecule has 4 nitrogen and oxygen atoms in total. The first-order chi connectivity index (χ1) is 12.2. The molecule has 3 rings (SSSR count). The number of aryl methyl sites for hydroxylation is 1. The lowest BCUT2D eigenvalue weighted by Gasteiger charge is -2.03. The first-order valence-corrected chi connectivity index (χ1v) is 8.67. The Morgan fingerprint density at radius 1 is 1.24 bits per heavy atom. The highest BCUT2D eigenvalue weighted by molar-refractivity contribution is 7.14. The van der Waals surface area contributed by atoms with E-state index < -0.39 is 5.82 Å². The summed E-state index contributed by atoms with van der Waals surface area (Å²) >= 11 is 1.31. The zero-order valence-corrected chi connectivity index (χ0v) is 14.5. The lowest BCUT2D eigenvalue weighted by molar-refractivity contribution is -0.116. The van der Waals surface area contributed by atoms with Crippen LogP contribution in [-0.2, 0) is 11.2 Å². The third kappa shape index (κ3) is 4.42. The average Bonchev–Trinajstić information content (AvgIpc) is 3.09. The monoisotopic (exact) mass is 356 g/mol. The Hall–Kier alpha value is -2.73. The van der Waals surface area contributed by atoms with Crippen molar-refractivity contribution in [2.75, 3.05) is 12.4 Å². The van der Waals surface area contributed by atoms with Crippen molar-refractivity contribution in [3.63, 3.8) is 0 Å². The molecule has 1 heterocycles. The van der Waals surface area contributed by atoms with Gasteiger partial charge in [0.05, 0.1) is 12.8 Å². The van der Waals surface area contributed by atoms with Crippen molar-refractivity contribution in [2.45, 2.75) is 12.8 Å². The van der Waals surface area contributed by atoms with Crippen molar-refractivity contribution >= 4 is 22.4 Å². The van der Waals surface area contributed by atoms with E-state index in [1.165, 1.54) is 24.5 Å². The van der Waals surface area contributed by atoms with Crippen molar-refractivity contribution in [1.82, 2.24) is 4.98 Å². The number of carbonyl (C=O) groups is 1. The number of halogens is 1. The molecule has 3 aromatic rings. The van der Waals surface area contributed by atoms with E-state index >= 15 is 0 Å². The fourth-order valence-corrected chi connectivity index (χ4v) is 3.11. The Kier molecular flexibility index (Phi) is 5.40. The number of amides is 1. The number of hydrogen-bond donors (Lipinski definition) is 1. The zero-order chi connectivity index (χ0) is 17.6. The summed E-state index contributed by atoms with van der Waals surface area (Å²) in [6.07, 6.45) is 1.06. The van der Waals surface area contributed by atoms with Gasteiger partial charge in [0.2, 0.25) is 5.91 Å². The minimum absolute atomic E-state index is 0.0920. The second-order valence-electron chi connectivity index (χ2n) is 5.42. The van der Waals surface area contributed by atoms with Gasteiger partial charge in [-0.25, -0.2) is 9.37 Å². The van der Waals surface area contributed by atoms with Crippen LogP contribution in [0.2, 0.25) is 0 Å². The number of carbonyl (C=O) groups excluding carboxylic acids is 1. The molecule has 1 amide bonds. The van der Waals surface area contributed by atoms with Gasteiger partial charge in [0.1, 0.15) is 0 Å². The van der Waals surface area contributed by atoms with E-state index in [1.54, 1.807) is 17.5 Å². The maximum atomic E-state index is 13.8. The summed E-state index contributed by atoms with van der Waals surface area (Å²) < 4.78 is 18.7. The SMILES string of the molecule is COc1ccc(-c2csc(NC(=O)CCc3ccccc3)n2)cc1F. The highest BCUT2D eigenvalue weighted by atomic mass is 32.1. The van der Waals surface area contributed by atoms with E-state index in [4.69, 9.17) is 4.74 Å². The molecular weight excluding hydrogens is 339 g/mol. The van der Waals surface area contributed by atoms with Crippen LogP contribution in [0.4, 0.5) is 9.52 Å². The molecule has 0 bridgehead atoms. The molecule has 0 saturated heterocycles. The van der Waals surface area contributed by atoms with Crippen LogP contribution in [0, 0.1) is 5.82 Å². The predicted octanol–water partition coefficient (Wildman–Crippen LogP) is 4.53. The Balaban J connectivity index is 1.61. The van der Waals surface area contributed by atoms with Gasteiger partial charge in [-0.15, -0.1) is 11.3 Å². The Morgan fingerprint density at radius 2 is 2.04 bits per heavy atom. The van der Waals surface area contributed by atoms with Crippen molar-refractivity contribution in [3.05, 3.63) is 65.3 Å². The molecule has 0 radical (unpaired) electrons. The molecule has 0 unspecified atom stereocenters. The fraction of sp³-hybridized carbons (Fsp3) is 0.158. The standard InChI is InChI=1S/C19H17FN2O2S/c1-24-17-9-8-14(11-15(17)20)16-12-25-19(21-16)22-18(23)10-7-13-5-3-2-4-6-13/h2-6,8-9,11-12H,7,10H2,1H3,(H,21,22,23). The third-order valence-electron chi connectivity index (χ3n) is 3.68. The van der Waals surface area contributed by atoms with Crippen LogP contribution in [0.1, 0.15) is 12.0 Å². The number of nitrogens with one attached hydrogen (secondary N) is 1. The molecule has 0 aliphatic rings. The van der Waals surface area contributed by atoms with Crippen molar-refractivity contribution in [2.24, 2.45) is 0 Å². The fourth-order valence-electron chi connectivity index (χ4n) is 2.37. The summed E-state index contributed by atoms with van der Waals surface area (Å²) in [5.41, 5.74) is 2.37. The molecule has 0 spiro atoms. The van der Waals surface area contributed by atoms with Gasteiger partial charge in [-0.2, -0.15) is 0 Å². The first-order valence-electron chi connectivity index (χ1n) is 7.79. The van der Waals surface area contributed by atoms with Crippen LogP contribution >= 0.6 is 11.3 Å². The lowest BCUT2D eigenvalue weighted by Crippen LogP contribution is -2.12. The Bertz CT molecular complexity index is 865. The van der Waals surface area contributed by atoms with Gasteiger partial charge in [0, 0.05) is 17.4 Å². The molecule has 6 heteroatoms. The van der Waals surface area contributed by atoms with E-state index in [0.717, 1.165) is 5.56 Å². The first kappa shape index (κ1) is 17.1. The molecule has 0 atom stereocenters. The van der Waals surface area contributed by atoms with E-state index in [0.29, 0.717) is 29.2 Å². The van der Waals surface area contributed by atoms with Gasteiger partial charge >= 0.3 is 0 Å². The van der Waals surface area contributed by atoms with Crippen molar-refractivity contribution in [1.29, 1.82) is 0 Å². The smallest absolute Gasteiger partial charge is 0.226 e. The highest BCUT2D eigenvalue weighted by Gasteiger charge is 2.10. The summed E-state index contributed by atoms with van der Waals surface area (Å²) in [7, 11) is 1.42. The molecule has 0 saturated carbocycles. The maximum Gasteiger partial charge on any atom is 0.226 e. The van der Waals surface area contributed by atoms with Crippen LogP contribution < -0.4 is 10.1 Å². The molecule has 2 aromatic carbocycles. The predicted molar refractivity (Wildman–Crippen MR) is 97.5 cm³/mol. The van der Waals surface area contributed by atoms with Gasteiger partial charge in [-0.3, -0.25) is 4.79 Å². The van der Waals surface area contributed by atoms with Gasteiger partial charge in [0.25, 0.3) is 0 Å². The summed E-state index contributed by atoms with van der Waals surface area (Å²) in [4.78, 5) is 16.4. The van der Waals surface area contributed by atoms with E-state index in [2.05, 4.69) is 10.3 Å². The van der Waals surface area contributed by atoms with Gasteiger partial charge in [-0.1, -0.05) is 30.3 Å².